The van der Waals surface area contributed by atoms with Gasteiger partial charge in [0, 0.05) is 6.61 Å². The van der Waals surface area contributed by atoms with Gasteiger partial charge < -0.3 is 4.74 Å². The predicted octanol–water partition coefficient (Wildman–Crippen LogP) is 4.70. The number of rotatable bonds is 1. The summed E-state index contributed by atoms with van der Waals surface area (Å²) < 4.78 is 7.58. The Hall–Kier alpha value is -0.480. The van der Waals surface area contributed by atoms with Crippen LogP contribution in [0.15, 0.2) is 12.1 Å². The molecule has 6 heteroatoms. The van der Waals surface area contributed by atoms with Gasteiger partial charge in [-0.1, -0.05) is 23.2 Å². The number of hydrogen-bond donors (Lipinski definition) is 0. The number of aromatic nitrogens is 2. The van der Waals surface area contributed by atoms with Gasteiger partial charge in [-0.2, -0.15) is 0 Å². The summed E-state index contributed by atoms with van der Waals surface area (Å²) >= 11 is 18.5. The molecular weight excluding hydrogens is 295 g/mol. The summed E-state index contributed by atoms with van der Waals surface area (Å²) in [4.78, 5) is 4.30. The minimum absolute atomic E-state index is 0.104. The Morgan fingerprint density at radius 2 is 2.06 bits per heavy atom. The van der Waals surface area contributed by atoms with E-state index < -0.39 is 0 Å². The quantitative estimate of drug-likeness (QED) is 0.764. The molecule has 1 fully saturated rings. The summed E-state index contributed by atoms with van der Waals surface area (Å²) in [5, 5.41) is 1.36. The lowest BCUT2D eigenvalue weighted by atomic mass is 10.2. The summed E-state index contributed by atoms with van der Waals surface area (Å²) in [7, 11) is 0. The van der Waals surface area contributed by atoms with Crippen molar-refractivity contribution in [3.05, 3.63) is 27.5 Å². The van der Waals surface area contributed by atoms with Gasteiger partial charge in [0.15, 0.2) is 0 Å². The third-order valence-corrected chi connectivity index (χ3v) is 4.20. The van der Waals surface area contributed by atoms with E-state index in [4.69, 9.17) is 39.5 Å². The molecule has 96 valence electrons. The molecule has 1 atom stereocenters. The molecule has 1 aliphatic heterocycles. The fourth-order valence-electron chi connectivity index (χ4n) is 2.28. The Morgan fingerprint density at radius 3 is 2.78 bits per heavy atom. The summed E-state index contributed by atoms with van der Waals surface area (Å²) in [6.07, 6.45) is 2.99. The highest BCUT2D eigenvalue weighted by atomic mass is 35.5. The van der Waals surface area contributed by atoms with Crippen LogP contribution in [-0.4, -0.2) is 16.2 Å². The van der Waals surface area contributed by atoms with Crippen molar-refractivity contribution in [1.29, 1.82) is 0 Å². The van der Waals surface area contributed by atoms with E-state index in [1.165, 1.54) is 0 Å². The first-order chi connectivity index (χ1) is 8.68. The Morgan fingerprint density at radius 1 is 1.22 bits per heavy atom. The van der Waals surface area contributed by atoms with Crippen LogP contribution in [0.4, 0.5) is 0 Å². The van der Waals surface area contributed by atoms with Gasteiger partial charge in [0.2, 0.25) is 5.28 Å². The molecule has 1 aromatic heterocycles. The van der Waals surface area contributed by atoms with Crippen LogP contribution in [0, 0.1) is 0 Å². The molecule has 0 amide bonds. The van der Waals surface area contributed by atoms with Crippen molar-refractivity contribution < 1.29 is 4.74 Å². The van der Waals surface area contributed by atoms with E-state index in [0.29, 0.717) is 15.3 Å². The molecule has 1 aromatic carbocycles. The van der Waals surface area contributed by atoms with Crippen LogP contribution in [0.3, 0.4) is 0 Å². The smallest absolute Gasteiger partial charge is 0.205 e. The Labute approximate surface area is 120 Å². The van der Waals surface area contributed by atoms with Crippen molar-refractivity contribution in [3.8, 4) is 0 Å². The number of halogens is 3. The normalized spacial score (nSPS) is 20.5. The lowest BCUT2D eigenvalue weighted by Gasteiger charge is -2.25. The second kappa shape index (κ2) is 4.89. The number of benzene rings is 1. The SMILES string of the molecule is Clc1ccc2nc(Cl)n(C3CCCCO3)c2c1Cl. The van der Waals surface area contributed by atoms with Crippen LogP contribution in [-0.2, 0) is 4.74 Å². The number of nitrogens with zero attached hydrogens (tertiary/aromatic N) is 2. The standard InChI is InChI=1S/C12H11Cl3N2O/c13-7-4-5-8-11(10(7)14)17(12(15)16-8)9-3-1-2-6-18-9/h4-5,9H,1-3,6H2. The first kappa shape index (κ1) is 12.5. The second-order valence-electron chi connectivity index (χ2n) is 4.30. The Bertz CT molecular complexity index is 591. The highest BCUT2D eigenvalue weighted by molar-refractivity contribution is 6.45. The summed E-state index contributed by atoms with van der Waals surface area (Å²) in [6.45, 7) is 0.735. The highest BCUT2D eigenvalue weighted by Crippen LogP contribution is 2.37. The predicted molar refractivity (Wildman–Crippen MR) is 73.6 cm³/mol. The van der Waals surface area contributed by atoms with Gasteiger partial charge in [0.05, 0.1) is 21.1 Å². The van der Waals surface area contributed by atoms with Gasteiger partial charge in [-0.05, 0) is 43.0 Å². The van der Waals surface area contributed by atoms with Crippen molar-refractivity contribution in [2.24, 2.45) is 0 Å². The molecule has 3 nitrogen and oxygen atoms in total. The Balaban J connectivity index is 2.20. The molecule has 0 spiro atoms. The zero-order valence-electron chi connectivity index (χ0n) is 9.50. The zero-order valence-corrected chi connectivity index (χ0v) is 11.8. The van der Waals surface area contributed by atoms with E-state index in [-0.39, 0.29) is 6.23 Å². The van der Waals surface area contributed by atoms with Gasteiger partial charge in [-0.3, -0.25) is 4.57 Å². The molecule has 0 N–H and O–H groups in total. The number of fused-ring (bicyclic) bond motifs is 1. The van der Waals surface area contributed by atoms with Crippen LogP contribution in [0.1, 0.15) is 25.5 Å². The number of hydrogen-bond acceptors (Lipinski definition) is 2. The van der Waals surface area contributed by atoms with E-state index in [1.54, 1.807) is 6.07 Å². The van der Waals surface area contributed by atoms with Crippen LogP contribution in [0.2, 0.25) is 15.3 Å². The average Bonchev–Trinajstić information content (AvgIpc) is 2.72. The minimum atomic E-state index is -0.104. The molecule has 18 heavy (non-hydrogen) atoms. The van der Waals surface area contributed by atoms with Gasteiger partial charge in [0.25, 0.3) is 0 Å². The maximum atomic E-state index is 6.26. The Kier molecular flexibility index (Phi) is 3.41. The summed E-state index contributed by atoms with van der Waals surface area (Å²) in [6, 6.07) is 3.54. The van der Waals surface area contributed by atoms with Crippen LogP contribution >= 0.6 is 34.8 Å². The van der Waals surface area contributed by atoms with E-state index in [0.717, 1.165) is 36.9 Å². The largest absolute Gasteiger partial charge is 0.358 e. The third kappa shape index (κ3) is 1.99. The van der Waals surface area contributed by atoms with Crippen LogP contribution in [0.25, 0.3) is 11.0 Å². The molecule has 0 radical (unpaired) electrons. The van der Waals surface area contributed by atoms with Gasteiger partial charge in [0.1, 0.15) is 6.23 Å². The number of imidazole rings is 1. The molecule has 0 aliphatic carbocycles. The average molecular weight is 306 g/mol. The zero-order chi connectivity index (χ0) is 12.7. The van der Waals surface area contributed by atoms with Gasteiger partial charge in [-0.15, -0.1) is 0 Å². The van der Waals surface area contributed by atoms with Crippen molar-refractivity contribution in [2.75, 3.05) is 6.61 Å². The lowest BCUT2D eigenvalue weighted by Crippen LogP contribution is -2.18. The maximum absolute atomic E-state index is 6.26. The van der Waals surface area contributed by atoms with E-state index in [9.17, 15) is 0 Å². The van der Waals surface area contributed by atoms with Crippen LogP contribution < -0.4 is 0 Å². The minimum Gasteiger partial charge on any atom is -0.358 e. The molecule has 2 heterocycles. The maximum Gasteiger partial charge on any atom is 0.205 e. The first-order valence-electron chi connectivity index (χ1n) is 5.81. The topological polar surface area (TPSA) is 27.1 Å². The van der Waals surface area contributed by atoms with E-state index in [1.807, 2.05) is 10.6 Å². The van der Waals surface area contributed by atoms with Crippen molar-refractivity contribution >= 4 is 45.8 Å². The molecule has 3 rings (SSSR count). The lowest BCUT2D eigenvalue weighted by molar-refractivity contribution is -0.0293. The molecule has 1 aliphatic rings. The second-order valence-corrected chi connectivity index (χ2v) is 5.42. The molecule has 1 unspecified atom stereocenters. The van der Waals surface area contributed by atoms with E-state index >= 15 is 0 Å². The fourth-order valence-corrected chi connectivity index (χ4v) is 2.97. The van der Waals surface area contributed by atoms with Crippen LogP contribution in [0.5, 0.6) is 0 Å². The fraction of sp³-hybridized carbons (Fsp3) is 0.417. The monoisotopic (exact) mass is 304 g/mol. The van der Waals surface area contributed by atoms with E-state index in [2.05, 4.69) is 4.98 Å². The molecule has 0 saturated carbocycles. The van der Waals surface area contributed by atoms with Crippen molar-refractivity contribution in [3.63, 3.8) is 0 Å². The summed E-state index contributed by atoms with van der Waals surface area (Å²) in [5.41, 5.74) is 1.49. The third-order valence-electron chi connectivity index (χ3n) is 3.14. The van der Waals surface area contributed by atoms with Gasteiger partial charge >= 0.3 is 0 Å². The summed E-state index contributed by atoms with van der Waals surface area (Å²) in [5.74, 6) is 0. The van der Waals surface area contributed by atoms with Crippen molar-refractivity contribution in [1.82, 2.24) is 9.55 Å². The number of ether oxygens (including phenoxy) is 1. The first-order valence-corrected chi connectivity index (χ1v) is 6.95. The molecular formula is C12H11Cl3N2O. The van der Waals surface area contributed by atoms with Gasteiger partial charge in [-0.25, -0.2) is 4.98 Å². The highest BCUT2D eigenvalue weighted by Gasteiger charge is 2.23. The molecule has 2 aromatic rings. The van der Waals surface area contributed by atoms with Crippen molar-refractivity contribution in [2.45, 2.75) is 25.5 Å². The molecule has 1 saturated heterocycles. The molecule has 0 bridgehead atoms.